The topological polar surface area (TPSA) is 29.4 Å². The Morgan fingerprint density at radius 1 is 1.50 bits per heavy atom. The number of rotatable bonds is 3. The summed E-state index contributed by atoms with van der Waals surface area (Å²) in [6.07, 6.45) is 5.14. The zero-order valence-corrected chi connectivity index (χ0v) is 6.38. The quantitative estimate of drug-likeness (QED) is 0.576. The van der Waals surface area contributed by atoms with E-state index < -0.39 is 0 Å². The largest absolute Gasteiger partial charge is 0.145 e. The van der Waals surface area contributed by atoms with Crippen molar-refractivity contribution in [1.29, 1.82) is 0 Å². The van der Waals surface area contributed by atoms with Crippen molar-refractivity contribution >= 4 is 23.5 Å². The first-order chi connectivity index (χ1) is 3.85. The highest BCUT2D eigenvalue weighted by molar-refractivity contribution is 8.21. The summed E-state index contributed by atoms with van der Waals surface area (Å²) in [5, 5.41) is 2.62. The highest BCUT2D eigenvalue weighted by Gasteiger charge is 1.87. The smallest absolute Gasteiger partial charge is 0.0914 e. The molecule has 8 heavy (non-hydrogen) atoms. The summed E-state index contributed by atoms with van der Waals surface area (Å²) in [4.78, 5) is 9.58. The Labute approximate surface area is 57.1 Å². The molecule has 0 aromatic heterocycles. The van der Waals surface area contributed by atoms with Crippen LogP contribution in [0.4, 0.5) is 0 Å². The standard InChI is InChI=1S/C4H7NOS2/c1-7-4(8-2)3-5-6/h3H,1-2H3. The van der Waals surface area contributed by atoms with Crippen LogP contribution in [0.15, 0.2) is 15.6 Å². The minimum atomic E-state index is 0.944. The second-order valence-electron chi connectivity index (χ2n) is 0.962. The maximum absolute atomic E-state index is 9.58. The van der Waals surface area contributed by atoms with Crippen LogP contribution in [0, 0.1) is 4.91 Å². The van der Waals surface area contributed by atoms with Crippen LogP contribution in [0.1, 0.15) is 0 Å². The monoisotopic (exact) mass is 149 g/mol. The Bertz CT molecular complexity index is 96.2. The van der Waals surface area contributed by atoms with Gasteiger partial charge in [0.1, 0.15) is 0 Å². The van der Waals surface area contributed by atoms with Gasteiger partial charge in [-0.05, 0) is 17.7 Å². The van der Waals surface area contributed by atoms with E-state index in [9.17, 15) is 4.91 Å². The lowest BCUT2D eigenvalue weighted by Gasteiger charge is -1.90. The van der Waals surface area contributed by atoms with Crippen molar-refractivity contribution < 1.29 is 0 Å². The van der Waals surface area contributed by atoms with Gasteiger partial charge in [-0.25, -0.2) is 0 Å². The molecule has 0 bridgehead atoms. The molecular weight excluding hydrogens is 142 g/mol. The minimum Gasteiger partial charge on any atom is -0.145 e. The van der Waals surface area contributed by atoms with E-state index in [1.165, 1.54) is 29.7 Å². The highest BCUT2D eigenvalue weighted by atomic mass is 32.2. The summed E-state index contributed by atoms with van der Waals surface area (Å²) in [5.74, 6) is 0. The Morgan fingerprint density at radius 3 is 2.12 bits per heavy atom. The molecule has 0 heterocycles. The predicted octanol–water partition coefficient (Wildman–Crippen LogP) is 2.28. The van der Waals surface area contributed by atoms with E-state index in [1.54, 1.807) is 0 Å². The zero-order valence-electron chi connectivity index (χ0n) is 4.75. The summed E-state index contributed by atoms with van der Waals surface area (Å²) in [5.41, 5.74) is 0. The van der Waals surface area contributed by atoms with E-state index >= 15 is 0 Å². The molecule has 0 saturated heterocycles. The highest BCUT2D eigenvalue weighted by Crippen LogP contribution is 2.22. The van der Waals surface area contributed by atoms with Gasteiger partial charge >= 0.3 is 0 Å². The minimum absolute atomic E-state index is 0.944. The number of hydrogen-bond acceptors (Lipinski definition) is 4. The normalized spacial score (nSPS) is 8.25. The van der Waals surface area contributed by atoms with Crippen molar-refractivity contribution in [2.24, 2.45) is 5.18 Å². The van der Waals surface area contributed by atoms with Gasteiger partial charge in [0.15, 0.2) is 0 Å². The van der Waals surface area contributed by atoms with Crippen molar-refractivity contribution in [3.63, 3.8) is 0 Å². The summed E-state index contributed by atoms with van der Waals surface area (Å²) < 4.78 is 0.944. The fourth-order valence-corrected chi connectivity index (χ4v) is 1.20. The SMILES string of the molecule is CSC(=CN=O)SC. The van der Waals surface area contributed by atoms with E-state index in [2.05, 4.69) is 5.18 Å². The molecule has 0 atom stereocenters. The fourth-order valence-electron chi connectivity index (χ4n) is 0.232. The molecule has 0 radical (unpaired) electrons. The summed E-state index contributed by atoms with van der Waals surface area (Å²) in [6, 6.07) is 0. The maximum Gasteiger partial charge on any atom is 0.0914 e. The van der Waals surface area contributed by atoms with Gasteiger partial charge in [0.05, 0.1) is 10.4 Å². The van der Waals surface area contributed by atoms with Gasteiger partial charge in [0, 0.05) is 0 Å². The molecule has 0 N–H and O–H groups in total. The van der Waals surface area contributed by atoms with E-state index in [-0.39, 0.29) is 0 Å². The van der Waals surface area contributed by atoms with Crippen LogP contribution in [0.5, 0.6) is 0 Å². The number of nitrogens with zero attached hydrogens (tertiary/aromatic N) is 1. The first-order valence-electron chi connectivity index (χ1n) is 1.95. The predicted molar refractivity (Wildman–Crippen MR) is 40.9 cm³/mol. The first-order valence-corrected chi connectivity index (χ1v) is 4.40. The maximum atomic E-state index is 9.58. The summed E-state index contributed by atoms with van der Waals surface area (Å²) >= 11 is 3.05. The Hall–Kier alpha value is 0.0400. The molecule has 0 fully saturated rings. The second-order valence-corrected chi connectivity index (χ2v) is 2.92. The first kappa shape index (κ1) is 8.04. The molecule has 0 spiro atoms. The van der Waals surface area contributed by atoms with Crippen LogP contribution in [-0.2, 0) is 0 Å². The molecule has 0 amide bonds. The third kappa shape index (κ3) is 3.10. The van der Waals surface area contributed by atoms with Crippen LogP contribution in [-0.4, -0.2) is 12.5 Å². The van der Waals surface area contributed by atoms with Crippen LogP contribution < -0.4 is 0 Å². The summed E-state index contributed by atoms with van der Waals surface area (Å²) in [7, 11) is 0. The Balaban J connectivity index is 3.66. The van der Waals surface area contributed by atoms with E-state index in [1.807, 2.05) is 12.5 Å². The van der Waals surface area contributed by atoms with E-state index in [0.717, 1.165) is 4.24 Å². The third-order valence-electron chi connectivity index (χ3n) is 0.560. The van der Waals surface area contributed by atoms with Gasteiger partial charge in [-0.2, -0.15) is 0 Å². The van der Waals surface area contributed by atoms with Crippen molar-refractivity contribution in [2.75, 3.05) is 12.5 Å². The van der Waals surface area contributed by atoms with Crippen molar-refractivity contribution in [2.45, 2.75) is 0 Å². The lowest BCUT2D eigenvalue weighted by atomic mass is 11.1. The molecule has 0 rings (SSSR count). The lowest BCUT2D eigenvalue weighted by Crippen LogP contribution is -1.60. The molecule has 0 saturated carbocycles. The molecule has 0 aromatic rings. The average Bonchev–Trinajstić information content (AvgIpc) is 1.83. The molecule has 4 heteroatoms. The van der Waals surface area contributed by atoms with Crippen molar-refractivity contribution in [1.82, 2.24) is 0 Å². The zero-order chi connectivity index (χ0) is 6.41. The molecule has 2 nitrogen and oxygen atoms in total. The van der Waals surface area contributed by atoms with Crippen LogP contribution >= 0.6 is 23.5 Å². The average molecular weight is 149 g/mol. The van der Waals surface area contributed by atoms with E-state index in [4.69, 9.17) is 0 Å². The van der Waals surface area contributed by atoms with Crippen molar-refractivity contribution in [3.8, 4) is 0 Å². The number of nitroso groups, excluding NO2 is 1. The van der Waals surface area contributed by atoms with Gasteiger partial charge < -0.3 is 0 Å². The molecule has 0 aromatic carbocycles. The Morgan fingerprint density at radius 2 is 2.00 bits per heavy atom. The number of thioether (sulfide) groups is 2. The molecular formula is C4H7NOS2. The molecule has 0 unspecified atom stereocenters. The Kier molecular flexibility index (Phi) is 5.21. The van der Waals surface area contributed by atoms with Gasteiger partial charge in [-0.1, -0.05) is 0 Å². The molecule has 0 aliphatic carbocycles. The van der Waals surface area contributed by atoms with Crippen LogP contribution in [0.25, 0.3) is 0 Å². The summed E-state index contributed by atoms with van der Waals surface area (Å²) in [6.45, 7) is 0. The lowest BCUT2D eigenvalue weighted by molar-refractivity contribution is 1.55. The molecule has 46 valence electrons. The fraction of sp³-hybridized carbons (Fsp3) is 0.500. The van der Waals surface area contributed by atoms with E-state index in [0.29, 0.717) is 0 Å². The van der Waals surface area contributed by atoms with Gasteiger partial charge in [-0.3, -0.25) is 0 Å². The second kappa shape index (κ2) is 5.18. The van der Waals surface area contributed by atoms with Gasteiger partial charge in [0.2, 0.25) is 0 Å². The number of hydrogen-bond donors (Lipinski definition) is 0. The molecule has 0 aliphatic heterocycles. The van der Waals surface area contributed by atoms with Gasteiger partial charge in [0.25, 0.3) is 0 Å². The third-order valence-corrected chi connectivity index (χ3v) is 2.58. The van der Waals surface area contributed by atoms with Crippen LogP contribution in [0.3, 0.4) is 0 Å². The molecule has 0 aliphatic rings. The van der Waals surface area contributed by atoms with Crippen molar-refractivity contribution in [3.05, 3.63) is 15.3 Å². The van der Waals surface area contributed by atoms with Gasteiger partial charge in [-0.15, -0.1) is 28.4 Å². The van der Waals surface area contributed by atoms with Crippen LogP contribution in [0.2, 0.25) is 0 Å².